The molecule has 0 unspecified atom stereocenters. The molecule has 1 N–H and O–H groups in total. The minimum Gasteiger partial charge on any atom is -0.497 e. The Labute approximate surface area is 182 Å². The molecule has 0 spiro atoms. The van der Waals surface area contributed by atoms with Crippen LogP contribution in [0.15, 0.2) is 36.4 Å². The third-order valence-electron chi connectivity index (χ3n) is 6.38. The number of aliphatic hydroxyl groups is 1. The third kappa shape index (κ3) is 3.89. The molecular weight excluding hydrogens is 402 g/mol. The number of fused-ring (bicyclic) bond motifs is 4. The van der Waals surface area contributed by atoms with Gasteiger partial charge >= 0.3 is 0 Å². The summed E-state index contributed by atoms with van der Waals surface area (Å²) in [5.74, 6) is 3.14. The minimum atomic E-state index is 0. The zero-order chi connectivity index (χ0) is 19.8. The number of nitrogens with zero attached hydrogens (tertiary/aromatic N) is 1. The van der Waals surface area contributed by atoms with Crippen molar-refractivity contribution in [3.63, 3.8) is 0 Å². The fourth-order valence-electron chi connectivity index (χ4n) is 4.72. The van der Waals surface area contributed by atoms with Crippen molar-refractivity contribution in [3.05, 3.63) is 42.0 Å². The molecule has 3 aromatic rings. The number of rotatable bonds is 5. The Bertz CT molecular complexity index is 1050. The van der Waals surface area contributed by atoms with Gasteiger partial charge in [-0.25, -0.2) is 0 Å². The summed E-state index contributed by atoms with van der Waals surface area (Å²) < 4.78 is 16.7. The molecule has 2 heterocycles. The largest absolute Gasteiger partial charge is 0.497 e. The Balaban J connectivity index is 0.00000218. The highest BCUT2D eigenvalue weighted by Gasteiger charge is 2.21. The maximum atomic E-state index is 9.21. The first-order valence-electron chi connectivity index (χ1n) is 10.4. The van der Waals surface area contributed by atoms with Gasteiger partial charge in [0, 0.05) is 13.2 Å². The molecule has 1 fully saturated rings. The minimum absolute atomic E-state index is 0. The molecule has 0 aliphatic carbocycles. The first-order chi connectivity index (χ1) is 14.2. The van der Waals surface area contributed by atoms with Gasteiger partial charge in [-0.2, -0.15) is 0 Å². The summed E-state index contributed by atoms with van der Waals surface area (Å²) in [5.41, 5.74) is 1.33. The van der Waals surface area contributed by atoms with Crippen LogP contribution in [0.2, 0.25) is 0 Å². The zero-order valence-electron chi connectivity index (χ0n) is 17.2. The SMILES string of the molecule is COc1ccc2c(CN3CCC(CCO)CC3)cc3cc4c(cc3c2c1)OCO4.Cl. The standard InChI is InChI=1S/C24H27NO4.ClH/c1-27-19-2-3-20-18(14-25-7-4-16(5-8-25)6-9-26)10-17-11-23-24(29-15-28-23)13-21(17)22(20)12-19;/h2-3,10-13,16,26H,4-9,14-15H2,1H3;1H. The highest BCUT2D eigenvalue weighted by atomic mass is 35.5. The van der Waals surface area contributed by atoms with E-state index in [2.05, 4.69) is 35.2 Å². The molecule has 30 heavy (non-hydrogen) atoms. The van der Waals surface area contributed by atoms with E-state index in [1.165, 1.54) is 34.6 Å². The average molecular weight is 430 g/mol. The Morgan fingerprint density at radius 1 is 1.00 bits per heavy atom. The molecule has 5 rings (SSSR count). The summed E-state index contributed by atoms with van der Waals surface area (Å²) >= 11 is 0. The van der Waals surface area contributed by atoms with Crippen molar-refractivity contribution in [3.8, 4) is 17.2 Å². The van der Waals surface area contributed by atoms with E-state index in [9.17, 15) is 5.11 Å². The van der Waals surface area contributed by atoms with Crippen LogP contribution in [0.3, 0.4) is 0 Å². The lowest BCUT2D eigenvalue weighted by atomic mass is 9.92. The van der Waals surface area contributed by atoms with E-state index in [1.54, 1.807) is 7.11 Å². The number of halogens is 1. The van der Waals surface area contributed by atoms with E-state index in [-0.39, 0.29) is 19.2 Å². The second kappa shape index (κ2) is 8.88. The Morgan fingerprint density at radius 3 is 2.50 bits per heavy atom. The molecule has 5 nitrogen and oxygen atoms in total. The van der Waals surface area contributed by atoms with Crippen molar-refractivity contribution in [1.29, 1.82) is 0 Å². The summed E-state index contributed by atoms with van der Waals surface area (Å²) in [7, 11) is 1.71. The number of methoxy groups -OCH3 is 1. The van der Waals surface area contributed by atoms with Gasteiger partial charge < -0.3 is 19.3 Å². The van der Waals surface area contributed by atoms with E-state index in [0.717, 1.165) is 48.7 Å². The van der Waals surface area contributed by atoms with Gasteiger partial charge in [0.1, 0.15) is 5.75 Å². The first-order valence-corrected chi connectivity index (χ1v) is 10.4. The van der Waals surface area contributed by atoms with Crippen LogP contribution in [0.5, 0.6) is 17.2 Å². The van der Waals surface area contributed by atoms with Gasteiger partial charge in [-0.15, -0.1) is 12.4 Å². The fourth-order valence-corrected chi connectivity index (χ4v) is 4.72. The second-order valence-corrected chi connectivity index (χ2v) is 8.11. The molecule has 2 aliphatic rings. The smallest absolute Gasteiger partial charge is 0.231 e. The van der Waals surface area contributed by atoms with Crippen LogP contribution < -0.4 is 14.2 Å². The van der Waals surface area contributed by atoms with Crippen LogP contribution >= 0.6 is 12.4 Å². The maximum absolute atomic E-state index is 9.21. The van der Waals surface area contributed by atoms with E-state index >= 15 is 0 Å². The molecule has 0 amide bonds. The molecule has 160 valence electrons. The van der Waals surface area contributed by atoms with Gasteiger partial charge in [-0.3, -0.25) is 4.90 Å². The average Bonchev–Trinajstić information content (AvgIpc) is 3.21. The van der Waals surface area contributed by atoms with Crippen LogP contribution in [0.4, 0.5) is 0 Å². The summed E-state index contributed by atoms with van der Waals surface area (Å²) in [6.45, 7) is 3.68. The molecule has 0 bridgehead atoms. The fraction of sp³-hybridized carbons (Fsp3) is 0.417. The lowest BCUT2D eigenvalue weighted by molar-refractivity contribution is 0.154. The van der Waals surface area contributed by atoms with Gasteiger partial charge in [-0.05, 0) is 95.7 Å². The molecule has 1 saturated heterocycles. The van der Waals surface area contributed by atoms with Crippen LogP contribution in [-0.4, -0.2) is 43.6 Å². The normalized spacial score (nSPS) is 16.7. The Kier molecular flexibility index (Phi) is 6.23. The highest BCUT2D eigenvalue weighted by molar-refractivity contribution is 6.10. The Hall–Kier alpha value is -2.21. The number of aliphatic hydroxyl groups excluding tert-OH is 1. The van der Waals surface area contributed by atoms with E-state index in [4.69, 9.17) is 14.2 Å². The van der Waals surface area contributed by atoms with Crippen molar-refractivity contribution in [2.75, 3.05) is 33.6 Å². The molecule has 3 aromatic carbocycles. The number of hydrogen-bond acceptors (Lipinski definition) is 5. The van der Waals surface area contributed by atoms with Crippen molar-refractivity contribution in [2.24, 2.45) is 5.92 Å². The van der Waals surface area contributed by atoms with Gasteiger partial charge in [0.25, 0.3) is 0 Å². The van der Waals surface area contributed by atoms with Crippen molar-refractivity contribution < 1.29 is 19.3 Å². The van der Waals surface area contributed by atoms with Crippen molar-refractivity contribution in [1.82, 2.24) is 4.90 Å². The Morgan fingerprint density at radius 2 is 1.77 bits per heavy atom. The number of hydrogen-bond donors (Lipinski definition) is 1. The molecule has 2 aliphatic heterocycles. The summed E-state index contributed by atoms with van der Waals surface area (Å²) in [6.07, 6.45) is 3.26. The number of ether oxygens (including phenoxy) is 3. The molecule has 0 atom stereocenters. The second-order valence-electron chi connectivity index (χ2n) is 8.11. The molecule has 0 saturated carbocycles. The molecule has 6 heteroatoms. The highest BCUT2D eigenvalue weighted by Crippen LogP contribution is 2.40. The predicted octanol–water partition coefficient (Wildman–Crippen LogP) is 4.75. The van der Waals surface area contributed by atoms with Gasteiger partial charge in [-0.1, -0.05) is 6.07 Å². The molecular formula is C24H28ClNO4. The number of piperidine rings is 1. The molecule has 0 radical (unpaired) electrons. The van der Waals surface area contributed by atoms with E-state index < -0.39 is 0 Å². The zero-order valence-corrected chi connectivity index (χ0v) is 18.0. The number of likely N-dealkylation sites (tertiary alicyclic amines) is 1. The van der Waals surface area contributed by atoms with E-state index in [0.29, 0.717) is 12.5 Å². The third-order valence-corrected chi connectivity index (χ3v) is 6.38. The topological polar surface area (TPSA) is 51.2 Å². The quantitative estimate of drug-likeness (QED) is 0.593. The summed E-state index contributed by atoms with van der Waals surface area (Å²) in [5, 5.41) is 14.0. The predicted molar refractivity (Wildman–Crippen MR) is 121 cm³/mol. The lowest BCUT2D eigenvalue weighted by Gasteiger charge is -2.32. The van der Waals surface area contributed by atoms with Crippen LogP contribution in [0.25, 0.3) is 21.5 Å². The van der Waals surface area contributed by atoms with Gasteiger partial charge in [0.05, 0.1) is 7.11 Å². The van der Waals surface area contributed by atoms with Crippen molar-refractivity contribution >= 4 is 34.0 Å². The summed E-state index contributed by atoms with van der Waals surface area (Å²) in [4.78, 5) is 2.53. The van der Waals surface area contributed by atoms with Crippen molar-refractivity contribution in [2.45, 2.75) is 25.8 Å². The maximum Gasteiger partial charge on any atom is 0.231 e. The monoisotopic (exact) mass is 429 g/mol. The van der Waals surface area contributed by atoms with Crippen LogP contribution in [-0.2, 0) is 6.54 Å². The van der Waals surface area contributed by atoms with E-state index in [1.807, 2.05) is 6.07 Å². The molecule has 0 aromatic heterocycles. The lowest BCUT2D eigenvalue weighted by Crippen LogP contribution is -2.33. The van der Waals surface area contributed by atoms with Crippen LogP contribution in [0, 0.1) is 5.92 Å². The number of benzene rings is 3. The van der Waals surface area contributed by atoms with Gasteiger partial charge in [0.15, 0.2) is 11.5 Å². The van der Waals surface area contributed by atoms with Gasteiger partial charge in [0.2, 0.25) is 6.79 Å². The first kappa shape index (κ1) is 21.0. The van der Waals surface area contributed by atoms with Crippen LogP contribution in [0.1, 0.15) is 24.8 Å². The summed E-state index contributed by atoms with van der Waals surface area (Å²) in [6, 6.07) is 12.8.